The Balaban J connectivity index is 2.48. The van der Waals surface area contributed by atoms with Crippen LogP contribution in [0.15, 0.2) is 0 Å². The van der Waals surface area contributed by atoms with E-state index in [1.165, 1.54) is 0 Å². The van der Waals surface area contributed by atoms with Gasteiger partial charge in [0.1, 0.15) is 9.84 Å². The van der Waals surface area contributed by atoms with E-state index in [1.54, 1.807) is 6.92 Å². The van der Waals surface area contributed by atoms with Crippen LogP contribution in [0.1, 0.15) is 19.8 Å². The number of piperidine rings is 1. The van der Waals surface area contributed by atoms with Crippen molar-refractivity contribution in [3.8, 4) is 0 Å². The summed E-state index contributed by atoms with van der Waals surface area (Å²) < 4.78 is 48.3. The lowest BCUT2D eigenvalue weighted by molar-refractivity contribution is 0.399. The van der Waals surface area contributed by atoms with Gasteiger partial charge in [-0.1, -0.05) is 0 Å². The topological polar surface area (TPSA) is 92.3 Å². The second-order valence-electron chi connectivity index (χ2n) is 5.09. The van der Waals surface area contributed by atoms with E-state index in [2.05, 4.69) is 10.0 Å². The summed E-state index contributed by atoms with van der Waals surface area (Å²) in [5.41, 5.74) is 0. The first-order valence-electron chi connectivity index (χ1n) is 6.06. The van der Waals surface area contributed by atoms with Gasteiger partial charge in [0.15, 0.2) is 0 Å². The summed E-state index contributed by atoms with van der Waals surface area (Å²) in [6, 6.07) is -0.577. The Kier molecular flexibility index (Phi) is 5.57. The van der Waals surface area contributed by atoms with Gasteiger partial charge < -0.3 is 5.32 Å². The van der Waals surface area contributed by atoms with Crippen molar-refractivity contribution in [1.82, 2.24) is 10.0 Å². The highest BCUT2D eigenvalue weighted by Gasteiger charge is 2.23. The van der Waals surface area contributed by atoms with Gasteiger partial charge in [0.25, 0.3) is 0 Å². The highest BCUT2D eigenvalue weighted by atomic mass is 32.2. The fraction of sp³-hybridized carbons (Fsp3) is 1.00. The van der Waals surface area contributed by atoms with Gasteiger partial charge in [-0.3, -0.25) is 0 Å². The van der Waals surface area contributed by atoms with Crippen molar-refractivity contribution < 1.29 is 16.8 Å². The third-order valence-corrected chi connectivity index (χ3v) is 5.62. The summed E-state index contributed by atoms with van der Waals surface area (Å²) in [5, 5.41) is 3.18. The molecule has 0 aromatic rings. The molecule has 2 N–H and O–H groups in total. The van der Waals surface area contributed by atoms with Gasteiger partial charge >= 0.3 is 0 Å². The predicted octanol–water partition coefficient (Wildman–Crippen LogP) is -0.661. The Bertz CT molecular complexity index is 452. The molecule has 1 rings (SSSR count). The van der Waals surface area contributed by atoms with E-state index in [1.807, 2.05) is 0 Å². The Morgan fingerprint density at radius 2 is 1.78 bits per heavy atom. The first-order chi connectivity index (χ1) is 8.18. The van der Waals surface area contributed by atoms with Crippen LogP contribution in [0.3, 0.4) is 0 Å². The number of rotatable bonds is 6. The summed E-state index contributed by atoms with van der Waals surface area (Å²) in [7, 11) is -6.56. The minimum atomic E-state index is -3.40. The van der Waals surface area contributed by atoms with E-state index in [0.29, 0.717) is 0 Å². The standard InChI is InChI=1S/C10H22N2O4S2/c1-9(7-17(2,13)14)12-18(15,16)8-10-3-5-11-6-4-10/h9-12H,3-8H2,1-2H3. The highest BCUT2D eigenvalue weighted by Crippen LogP contribution is 2.13. The Hall–Kier alpha value is -0.180. The Morgan fingerprint density at radius 3 is 2.28 bits per heavy atom. The predicted molar refractivity (Wildman–Crippen MR) is 71.7 cm³/mol. The van der Waals surface area contributed by atoms with Crippen molar-refractivity contribution in [2.45, 2.75) is 25.8 Å². The zero-order valence-electron chi connectivity index (χ0n) is 10.8. The average Bonchev–Trinajstić information content (AvgIpc) is 2.13. The highest BCUT2D eigenvalue weighted by molar-refractivity contribution is 7.91. The van der Waals surface area contributed by atoms with E-state index in [0.717, 1.165) is 32.2 Å². The third kappa shape index (κ3) is 6.67. The van der Waals surface area contributed by atoms with Crippen molar-refractivity contribution in [1.29, 1.82) is 0 Å². The molecule has 0 aliphatic carbocycles. The zero-order valence-corrected chi connectivity index (χ0v) is 12.5. The molecule has 6 nitrogen and oxygen atoms in total. The molecule has 18 heavy (non-hydrogen) atoms. The van der Waals surface area contributed by atoms with E-state index < -0.39 is 25.9 Å². The maximum atomic E-state index is 11.9. The first-order valence-corrected chi connectivity index (χ1v) is 9.78. The summed E-state index contributed by atoms with van der Waals surface area (Å²) >= 11 is 0. The lowest BCUT2D eigenvalue weighted by Gasteiger charge is -2.23. The van der Waals surface area contributed by atoms with E-state index in [9.17, 15) is 16.8 Å². The number of hydrogen-bond acceptors (Lipinski definition) is 5. The van der Waals surface area contributed by atoms with Crippen LogP contribution in [0.2, 0.25) is 0 Å². The normalized spacial score (nSPS) is 20.8. The maximum Gasteiger partial charge on any atom is 0.212 e. The zero-order chi connectivity index (χ0) is 13.8. The summed E-state index contributed by atoms with van der Waals surface area (Å²) in [6.07, 6.45) is 2.80. The molecule has 0 spiro atoms. The molecular weight excluding hydrogens is 276 g/mol. The second-order valence-corrected chi connectivity index (χ2v) is 9.07. The molecule has 1 aliphatic heterocycles. The van der Waals surface area contributed by atoms with Crippen molar-refractivity contribution in [2.24, 2.45) is 5.92 Å². The van der Waals surface area contributed by atoms with Crippen molar-refractivity contribution in [2.75, 3.05) is 30.9 Å². The molecule has 1 aliphatic rings. The van der Waals surface area contributed by atoms with E-state index in [4.69, 9.17) is 0 Å². The van der Waals surface area contributed by atoms with Crippen LogP contribution in [-0.4, -0.2) is 53.7 Å². The number of sulfone groups is 1. The van der Waals surface area contributed by atoms with Crippen molar-refractivity contribution >= 4 is 19.9 Å². The van der Waals surface area contributed by atoms with Crippen LogP contribution >= 0.6 is 0 Å². The largest absolute Gasteiger partial charge is 0.317 e. The van der Waals surface area contributed by atoms with Crippen LogP contribution in [0, 0.1) is 5.92 Å². The van der Waals surface area contributed by atoms with E-state index >= 15 is 0 Å². The molecular formula is C10H22N2O4S2. The third-order valence-electron chi connectivity index (χ3n) is 2.85. The minimum Gasteiger partial charge on any atom is -0.317 e. The smallest absolute Gasteiger partial charge is 0.212 e. The average molecular weight is 298 g/mol. The molecule has 108 valence electrons. The fourth-order valence-corrected chi connectivity index (χ4v) is 5.05. The Morgan fingerprint density at radius 1 is 1.22 bits per heavy atom. The van der Waals surface area contributed by atoms with E-state index in [-0.39, 0.29) is 17.4 Å². The molecule has 8 heteroatoms. The first kappa shape index (κ1) is 15.9. The molecule has 0 radical (unpaired) electrons. The van der Waals surface area contributed by atoms with Gasteiger partial charge in [-0.05, 0) is 38.8 Å². The van der Waals surface area contributed by atoms with Gasteiger partial charge in [0.2, 0.25) is 10.0 Å². The number of sulfonamides is 1. The van der Waals surface area contributed by atoms with Gasteiger partial charge in [-0.15, -0.1) is 0 Å². The Labute approximate surface area is 110 Å². The lowest BCUT2D eigenvalue weighted by atomic mass is 10.0. The number of hydrogen-bond donors (Lipinski definition) is 2. The monoisotopic (exact) mass is 298 g/mol. The molecule has 1 heterocycles. The van der Waals surface area contributed by atoms with Crippen molar-refractivity contribution in [3.63, 3.8) is 0 Å². The van der Waals surface area contributed by atoms with Crippen LogP contribution in [0.25, 0.3) is 0 Å². The fourth-order valence-electron chi connectivity index (χ4n) is 2.20. The van der Waals surface area contributed by atoms with Crippen LogP contribution in [0.4, 0.5) is 0 Å². The van der Waals surface area contributed by atoms with Gasteiger partial charge in [0.05, 0.1) is 11.5 Å². The maximum absolute atomic E-state index is 11.9. The molecule has 1 atom stereocenters. The summed E-state index contributed by atoms with van der Waals surface area (Å²) in [6.45, 7) is 3.26. The van der Waals surface area contributed by atoms with Gasteiger partial charge in [0, 0.05) is 12.3 Å². The van der Waals surface area contributed by atoms with Crippen molar-refractivity contribution in [3.05, 3.63) is 0 Å². The molecule has 0 aromatic heterocycles. The molecule has 0 amide bonds. The molecule has 0 bridgehead atoms. The SMILES string of the molecule is CC(CS(C)(=O)=O)NS(=O)(=O)CC1CCNCC1. The summed E-state index contributed by atoms with van der Waals surface area (Å²) in [4.78, 5) is 0. The summed E-state index contributed by atoms with van der Waals surface area (Å²) in [5.74, 6) is 0.0792. The van der Waals surface area contributed by atoms with Crippen LogP contribution < -0.4 is 10.0 Å². The molecule has 0 aromatic carbocycles. The lowest BCUT2D eigenvalue weighted by Crippen LogP contribution is -2.41. The second kappa shape index (κ2) is 6.31. The molecule has 0 saturated carbocycles. The molecule has 1 saturated heterocycles. The van der Waals surface area contributed by atoms with Gasteiger partial charge in [-0.25, -0.2) is 21.6 Å². The van der Waals surface area contributed by atoms with Crippen LogP contribution in [-0.2, 0) is 19.9 Å². The quantitative estimate of drug-likeness (QED) is 0.679. The molecule has 1 fully saturated rings. The minimum absolute atomic E-state index is 0.0861. The van der Waals surface area contributed by atoms with Crippen LogP contribution in [0.5, 0.6) is 0 Å². The van der Waals surface area contributed by atoms with Gasteiger partial charge in [-0.2, -0.15) is 0 Å². The molecule has 1 unspecified atom stereocenters. The number of nitrogens with one attached hydrogen (secondary N) is 2.